The van der Waals surface area contributed by atoms with Gasteiger partial charge in [0.15, 0.2) is 0 Å². The minimum atomic E-state index is -3.53. The van der Waals surface area contributed by atoms with E-state index >= 15 is 0 Å². The van der Waals surface area contributed by atoms with Gasteiger partial charge in [-0.05, 0) is 55.3 Å². The molecule has 150 valence electrons. The van der Waals surface area contributed by atoms with Crippen LogP contribution in [0.25, 0.3) is 0 Å². The molecule has 0 unspecified atom stereocenters. The van der Waals surface area contributed by atoms with E-state index < -0.39 is 10.0 Å². The van der Waals surface area contributed by atoms with Crippen molar-refractivity contribution in [1.29, 1.82) is 0 Å². The maximum Gasteiger partial charge on any atom is 0.253 e. The Kier molecular flexibility index (Phi) is 6.36. The zero-order chi connectivity index (χ0) is 20.1. The lowest BCUT2D eigenvalue weighted by molar-refractivity contribution is 0.0698. The Labute approximate surface area is 166 Å². The molecular weight excluding hydrogens is 376 g/mol. The van der Waals surface area contributed by atoms with Crippen LogP contribution in [0, 0.1) is 0 Å². The van der Waals surface area contributed by atoms with Crippen LogP contribution in [-0.2, 0) is 16.4 Å². The lowest BCUT2D eigenvalue weighted by Gasteiger charge is -2.34. The second-order valence-electron chi connectivity index (χ2n) is 6.65. The minimum Gasteiger partial charge on any atom is -0.494 e. The van der Waals surface area contributed by atoms with Gasteiger partial charge in [0, 0.05) is 31.7 Å². The number of nitrogens with zero attached hydrogens (tertiary/aromatic N) is 2. The SMILES string of the molecule is CCOc1ccc(C(=O)N2CCN(S(=O)(=O)c3ccc(CC)cc3)CC2)cc1. The molecule has 3 rings (SSSR count). The Bertz CT molecular complexity index is 900. The van der Waals surface area contributed by atoms with Crippen molar-refractivity contribution in [2.45, 2.75) is 25.2 Å². The number of piperazine rings is 1. The van der Waals surface area contributed by atoms with Gasteiger partial charge in [0.2, 0.25) is 10.0 Å². The van der Waals surface area contributed by atoms with Crippen LogP contribution in [0.15, 0.2) is 53.4 Å². The molecule has 1 heterocycles. The molecule has 1 saturated heterocycles. The van der Waals surface area contributed by atoms with Crippen molar-refractivity contribution in [3.8, 4) is 5.75 Å². The zero-order valence-electron chi connectivity index (χ0n) is 16.3. The number of hydrogen-bond donors (Lipinski definition) is 0. The molecule has 1 amide bonds. The molecule has 0 atom stereocenters. The maximum absolute atomic E-state index is 12.8. The van der Waals surface area contributed by atoms with Gasteiger partial charge in [-0.25, -0.2) is 8.42 Å². The number of carbonyl (C=O) groups excluding carboxylic acids is 1. The fourth-order valence-electron chi connectivity index (χ4n) is 3.22. The van der Waals surface area contributed by atoms with Crippen molar-refractivity contribution in [2.24, 2.45) is 0 Å². The first kappa shape index (κ1) is 20.4. The topological polar surface area (TPSA) is 66.9 Å². The summed E-state index contributed by atoms with van der Waals surface area (Å²) in [6.45, 7) is 5.84. The highest BCUT2D eigenvalue weighted by Crippen LogP contribution is 2.20. The van der Waals surface area contributed by atoms with Crippen LogP contribution in [0.3, 0.4) is 0 Å². The van der Waals surface area contributed by atoms with E-state index in [4.69, 9.17) is 4.74 Å². The van der Waals surface area contributed by atoms with E-state index in [-0.39, 0.29) is 5.91 Å². The Morgan fingerprint density at radius 1 is 0.929 bits per heavy atom. The van der Waals surface area contributed by atoms with E-state index in [9.17, 15) is 13.2 Å². The predicted octanol–water partition coefficient (Wildman–Crippen LogP) is 2.79. The minimum absolute atomic E-state index is 0.0904. The van der Waals surface area contributed by atoms with E-state index in [1.165, 1.54) is 4.31 Å². The first-order chi connectivity index (χ1) is 13.5. The van der Waals surface area contributed by atoms with Crippen LogP contribution in [0.2, 0.25) is 0 Å². The summed E-state index contributed by atoms with van der Waals surface area (Å²) in [5.41, 5.74) is 1.68. The Balaban J connectivity index is 1.63. The lowest BCUT2D eigenvalue weighted by atomic mass is 10.2. The molecule has 0 aromatic heterocycles. The van der Waals surface area contributed by atoms with E-state index in [1.807, 2.05) is 26.0 Å². The maximum atomic E-state index is 12.8. The third-order valence-corrected chi connectivity index (χ3v) is 6.82. The van der Waals surface area contributed by atoms with Crippen molar-refractivity contribution in [3.63, 3.8) is 0 Å². The molecule has 0 bridgehead atoms. The van der Waals surface area contributed by atoms with Crippen LogP contribution < -0.4 is 4.74 Å². The quantitative estimate of drug-likeness (QED) is 0.745. The van der Waals surface area contributed by atoms with Crippen LogP contribution >= 0.6 is 0 Å². The average Bonchev–Trinajstić information content (AvgIpc) is 2.74. The molecule has 0 saturated carbocycles. The summed E-state index contributed by atoms with van der Waals surface area (Å²) in [6, 6.07) is 14.0. The molecule has 6 nitrogen and oxygen atoms in total. The highest BCUT2D eigenvalue weighted by atomic mass is 32.2. The van der Waals surface area contributed by atoms with Crippen molar-refractivity contribution < 1.29 is 17.9 Å². The van der Waals surface area contributed by atoms with Crippen molar-refractivity contribution >= 4 is 15.9 Å². The van der Waals surface area contributed by atoms with E-state index in [0.29, 0.717) is 43.2 Å². The molecule has 0 spiro atoms. The predicted molar refractivity (Wildman–Crippen MR) is 108 cm³/mol. The molecule has 7 heteroatoms. The van der Waals surface area contributed by atoms with Gasteiger partial charge in [-0.3, -0.25) is 4.79 Å². The van der Waals surface area contributed by atoms with Gasteiger partial charge in [0.25, 0.3) is 5.91 Å². The number of rotatable bonds is 6. The summed E-state index contributed by atoms with van der Waals surface area (Å²) in [7, 11) is -3.53. The fraction of sp³-hybridized carbons (Fsp3) is 0.381. The number of amides is 1. The van der Waals surface area contributed by atoms with Crippen molar-refractivity contribution in [1.82, 2.24) is 9.21 Å². The van der Waals surface area contributed by atoms with Gasteiger partial charge >= 0.3 is 0 Å². The van der Waals surface area contributed by atoms with E-state index in [1.54, 1.807) is 41.3 Å². The standard InChI is InChI=1S/C21H26N2O4S/c1-3-17-5-11-20(12-6-17)28(25,26)23-15-13-22(14-16-23)21(24)18-7-9-19(10-8-18)27-4-2/h5-12H,3-4,13-16H2,1-2H3. The molecule has 1 aliphatic heterocycles. The van der Waals surface area contributed by atoms with E-state index in [2.05, 4.69) is 0 Å². The number of aryl methyl sites for hydroxylation is 1. The largest absolute Gasteiger partial charge is 0.494 e. The first-order valence-electron chi connectivity index (χ1n) is 9.57. The normalized spacial score (nSPS) is 15.4. The molecular formula is C21H26N2O4S. The molecule has 1 aliphatic rings. The molecule has 0 N–H and O–H groups in total. The van der Waals surface area contributed by atoms with Gasteiger partial charge in [-0.2, -0.15) is 4.31 Å². The smallest absolute Gasteiger partial charge is 0.253 e. The van der Waals surface area contributed by atoms with Gasteiger partial charge in [-0.1, -0.05) is 19.1 Å². The molecule has 1 fully saturated rings. The molecule has 2 aromatic rings. The first-order valence-corrected chi connectivity index (χ1v) is 11.0. The van der Waals surface area contributed by atoms with Crippen molar-refractivity contribution in [2.75, 3.05) is 32.8 Å². The fourth-order valence-corrected chi connectivity index (χ4v) is 4.64. The van der Waals surface area contributed by atoms with Gasteiger partial charge in [0.05, 0.1) is 11.5 Å². The van der Waals surface area contributed by atoms with Crippen LogP contribution in [-0.4, -0.2) is 56.3 Å². The summed E-state index contributed by atoms with van der Waals surface area (Å²) >= 11 is 0. The van der Waals surface area contributed by atoms with E-state index in [0.717, 1.165) is 17.7 Å². The number of carbonyl (C=O) groups is 1. The number of benzene rings is 2. The van der Waals surface area contributed by atoms with Crippen LogP contribution in [0.1, 0.15) is 29.8 Å². The molecule has 0 aliphatic carbocycles. The third kappa shape index (κ3) is 4.36. The lowest BCUT2D eigenvalue weighted by Crippen LogP contribution is -2.50. The number of ether oxygens (including phenoxy) is 1. The Hall–Kier alpha value is -2.38. The molecule has 2 aromatic carbocycles. The van der Waals surface area contributed by atoms with Crippen molar-refractivity contribution in [3.05, 3.63) is 59.7 Å². The highest BCUT2D eigenvalue weighted by molar-refractivity contribution is 7.89. The van der Waals surface area contributed by atoms with Gasteiger partial charge in [0.1, 0.15) is 5.75 Å². The third-order valence-electron chi connectivity index (χ3n) is 4.91. The Morgan fingerprint density at radius 3 is 2.07 bits per heavy atom. The monoisotopic (exact) mass is 402 g/mol. The zero-order valence-corrected chi connectivity index (χ0v) is 17.1. The second-order valence-corrected chi connectivity index (χ2v) is 8.59. The molecule has 0 radical (unpaired) electrons. The number of sulfonamides is 1. The number of hydrogen-bond acceptors (Lipinski definition) is 4. The summed E-state index contributed by atoms with van der Waals surface area (Å²) in [5, 5.41) is 0. The molecule has 28 heavy (non-hydrogen) atoms. The average molecular weight is 403 g/mol. The van der Waals surface area contributed by atoms with Crippen LogP contribution in [0.4, 0.5) is 0 Å². The summed E-state index contributed by atoms with van der Waals surface area (Å²) < 4.78 is 32.5. The summed E-state index contributed by atoms with van der Waals surface area (Å²) in [5.74, 6) is 0.636. The van der Waals surface area contributed by atoms with Gasteiger partial charge in [-0.15, -0.1) is 0 Å². The van der Waals surface area contributed by atoms with Crippen LogP contribution in [0.5, 0.6) is 5.75 Å². The Morgan fingerprint density at radius 2 is 1.54 bits per heavy atom. The summed E-state index contributed by atoms with van der Waals surface area (Å²) in [6.07, 6.45) is 0.868. The second kappa shape index (κ2) is 8.75. The summed E-state index contributed by atoms with van der Waals surface area (Å²) in [4.78, 5) is 14.7. The van der Waals surface area contributed by atoms with Gasteiger partial charge < -0.3 is 9.64 Å². The highest BCUT2D eigenvalue weighted by Gasteiger charge is 2.30.